The largest absolute Gasteiger partial charge is 0.416 e. The first-order valence-electron chi connectivity index (χ1n) is 14.3. The lowest BCUT2D eigenvalue weighted by Crippen LogP contribution is -2.57. The number of aryl methyl sites for hydroxylation is 1. The molecule has 2 aromatic carbocycles. The molecule has 2 atom stereocenters. The molecule has 1 aliphatic carbocycles. The maximum Gasteiger partial charge on any atom is 0.416 e. The Bertz CT molecular complexity index is 1320. The summed E-state index contributed by atoms with van der Waals surface area (Å²) in [5, 5.41) is 0. The second kappa shape index (κ2) is 10.8. The smallest absolute Gasteiger partial charge is 0.335 e. The summed E-state index contributed by atoms with van der Waals surface area (Å²) in [7, 11) is 1.38. The molecular weight excluding hydrogens is 560 g/mol. The number of piperazine rings is 1. The van der Waals surface area contributed by atoms with Gasteiger partial charge in [0.2, 0.25) is 5.91 Å². The van der Waals surface area contributed by atoms with E-state index in [-0.39, 0.29) is 30.1 Å². The number of rotatable bonds is 3. The molecule has 1 spiro atoms. The Morgan fingerprint density at radius 2 is 1.57 bits per heavy atom. The zero-order chi connectivity index (χ0) is 30.6. The van der Waals surface area contributed by atoms with Crippen molar-refractivity contribution in [3.63, 3.8) is 0 Å². The quantitative estimate of drug-likeness (QED) is 0.346. The van der Waals surface area contributed by atoms with Crippen molar-refractivity contribution >= 4 is 11.9 Å². The Balaban J connectivity index is 1.46. The molecule has 0 bridgehead atoms. The molecule has 228 valence electrons. The molecule has 0 radical (unpaired) electrons. The van der Waals surface area contributed by atoms with Gasteiger partial charge in [0.25, 0.3) is 0 Å². The van der Waals surface area contributed by atoms with E-state index in [4.69, 9.17) is 0 Å². The number of amides is 3. The van der Waals surface area contributed by atoms with E-state index in [1.54, 1.807) is 4.90 Å². The van der Waals surface area contributed by atoms with Gasteiger partial charge in [0, 0.05) is 26.7 Å². The van der Waals surface area contributed by atoms with E-state index >= 15 is 0 Å². The Kier molecular flexibility index (Phi) is 7.77. The first kappa shape index (κ1) is 30.2. The first-order chi connectivity index (χ1) is 19.6. The van der Waals surface area contributed by atoms with Crippen molar-refractivity contribution in [1.82, 2.24) is 14.7 Å². The normalized spacial score (nSPS) is 26.5. The highest BCUT2D eigenvalue weighted by Gasteiger charge is 2.57. The second-order valence-electron chi connectivity index (χ2n) is 12.3. The topological polar surface area (TPSA) is 43.9 Å². The van der Waals surface area contributed by atoms with E-state index in [9.17, 15) is 35.9 Å². The summed E-state index contributed by atoms with van der Waals surface area (Å²) >= 11 is 0. The molecule has 2 unspecified atom stereocenters. The van der Waals surface area contributed by atoms with Crippen LogP contribution in [0.25, 0.3) is 0 Å². The van der Waals surface area contributed by atoms with Crippen LogP contribution in [0.15, 0.2) is 42.5 Å². The number of alkyl halides is 6. The first-order valence-corrected chi connectivity index (χ1v) is 14.3. The number of hydrogen-bond donors (Lipinski definition) is 0. The third kappa shape index (κ3) is 5.58. The van der Waals surface area contributed by atoms with Crippen LogP contribution in [-0.2, 0) is 23.7 Å². The monoisotopic (exact) mass is 595 g/mol. The number of carbonyl (C=O) groups excluding carboxylic acids is 2. The highest BCUT2D eigenvalue weighted by molar-refractivity contribution is 5.86. The van der Waals surface area contributed by atoms with Crippen molar-refractivity contribution in [2.45, 2.75) is 76.9 Å². The lowest BCUT2D eigenvalue weighted by atomic mass is 9.68. The van der Waals surface area contributed by atoms with E-state index < -0.39 is 47.5 Å². The van der Waals surface area contributed by atoms with Crippen LogP contribution in [0.1, 0.15) is 72.9 Å². The number of urea groups is 1. The van der Waals surface area contributed by atoms with Crippen LogP contribution in [0, 0.1) is 18.3 Å². The number of nitrogens with zero attached hydrogens (tertiary/aromatic N) is 3. The number of hydrogen-bond acceptors (Lipinski definition) is 2. The Hall–Kier alpha value is -3.24. The van der Waals surface area contributed by atoms with E-state index in [2.05, 4.69) is 6.92 Å². The van der Waals surface area contributed by atoms with Gasteiger partial charge in [-0.05, 0) is 79.8 Å². The molecule has 3 fully saturated rings. The summed E-state index contributed by atoms with van der Waals surface area (Å²) in [6.45, 7) is 4.20. The molecule has 0 N–H and O–H groups in total. The van der Waals surface area contributed by atoms with Crippen LogP contribution in [0.2, 0.25) is 0 Å². The number of fused-ring (bicyclic) bond motifs is 1. The summed E-state index contributed by atoms with van der Waals surface area (Å²) in [5.74, 6) is 0.677. The summed E-state index contributed by atoms with van der Waals surface area (Å²) in [4.78, 5) is 32.4. The molecule has 42 heavy (non-hydrogen) atoms. The van der Waals surface area contributed by atoms with Gasteiger partial charge < -0.3 is 14.7 Å². The number of benzene rings is 2. The van der Waals surface area contributed by atoms with E-state index in [0.717, 1.165) is 41.7 Å². The number of halogens is 6. The van der Waals surface area contributed by atoms with Crippen LogP contribution in [0.5, 0.6) is 0 Å². The summed E-state index contributed by atoms with van der Waals surface area (Å²) in [5.41, 5.74) is -1.77. The van der Waals surface area contributed by atoms with Gasteiger partial charge in [0.15, 0.2) is 0 Å². The molecule has 1 saturated carbocycles. The minimum atomic E-state index is -4.98. The molecule has 2 aliphatic heterocycles. The lowest BCUT2D eigenvalue weighted by molar-refractivity contribution is -0.143. The van der Waals surface area contributed by atoms with Crippen molar-refractivity contribution in [3.05, 3.63) is 70.3 Å². The van der Waals surface area contributed by atoms with Gasteiger partial charge in [0.05, 0.1) is 28.6 Å². The van der Waals surface area contributed by atoms with Crippen LogP contribution < -0.4 is 0 Å². The SMILES string of the molecule is Cc1ccccc1C1C2CC3(CCC(C)CC3)C(=O)N2CCN1C(=O)N(C)Cc1cc(C(F)(F)F)cc(C(F)(F)F)c1. The highest BCUT2D eigenvalue weighted by Crippen LogP contribution is 2.53. The molecular formula is C31H35F6N3O2. The summed E-state index contributed by atoms with van der Waals surface area (Å²) in [6, 6.07) is 7.70. The summed E-state index contributed by atoms with van der Waals surface area (Å²) in [6.07, 6.45) is -5.84. The predicted molar refractivity (Wildman–Crippen MR) is 144 cm³/mol. The minimum absolute atomic E-state index is 0.0811. The maximum absolute atomic E-state index is 13.9. The van der Waals surface area contributed by atoms with E-state index in [0.29, 0.717) is 31.0 Å². The van der Waals surface area contributed by atoms with Crippen molar-refractivity contribution in [1.29, 1.82) is 0 Å². The van der Waals surface area contributed by atoms with Gasteiger partial charge in [-0.25, -0.2) is 4.79 Å². The average molecular weight is 596 g/mol. The van der Waals surface area contributed by atoms with Crippen molar-refractivity contribution in [2.24, 2.45) is 11.3 Å². The fourth-order valence-corrected chi connectivity index (χ4v) is 7.08. The Labute approximate surface area is 241 Å². The molecule has 5 rings (SSSR count). The van der Waals surface area contributed by atoms with Crippen LogP contribution in [0.4, 0.5) is 31.1 Å². The Morgan fingerprint density at radius 1 is 0.976 bits per heavy atom. The van der Waals surface area contributed by atoms with Gasteiger partial charge in [-0.2, -0.15) is 26.3 Å². The number of carbonyl (C=O) groups is 2. The van der Waals surface area contributed by atoms with Crippen molar-refractivity contribution < 1.29 is 35.9 Å². The zero-order valence-electron chi connectivity index (χ0n) is 23.9. The molecule has 0 aromatic heterocycles. The lowest BCUT2D eigenvalue weighted by Gasteiger charge is -2.46. The Morgan fingerprint density at radius 3 is 2.14 bits per heavy atom. The van der Waals surface area contributed by atoms with Gasteiger partial charge in [-0.3, -0.25) is 4.79 Å². The fourth-order valence-electron chi connectivity index (χ4n) is 7.08. The third-order valence-corrected chi connectivity index (χ3v) is 9.37. The fraction of sp³-hybridized carbons (Fsp3) is 0.548. The standard InChI is InChI=1S/C31H35F6N3O2/c1-19-8-10-29(11-9-19)17-25-26(24-7-5-4-6-20(24)2)40(13-12-39(25)27(29)41)28(42)38(3)18-21-14-22(30(32,33)34)16-23(15-21)31(35,36)37/h4-7,14-16,19,25-26H,8-13,17-18H2,1-3H3. The van der Waals surface area contributed by atoms with Crippen molar-refractivity contribution in [2.75, 3.05) is 20.1 Å². The van der Waals surface area contributed by atoms with Gasteiger partial charge >= 0.3 is 18.4 Å². The minimum Gasteiger partial charge on any atom is -0.335 e. The van der Waals surface area contributed by atoms with Crippen LogP contribution >= 0.6 is 0 Å². The summed E-state index contributed by atoms with van der Waals surface area (Å²) < 4.78 is 80.6. The molecule has 2 heterocycles. The molecule has 11 heteroatoms. The van der Waals surface area contributed by atoms with Crippen LogP contribution in [0.3, 0.4) is 0 Å². The zero-order valence-corrected chi connectivity index (χ0v) is 23.9. The molecule has 2 saturated heterocycles. The highest BCUT2D eigenvalue weighted by atomic mass is 19.4. The van der Waals surface area contributed by atoms with Gasteiger partial charge in [-0.15, -0.1) is 0 Å². The maximum atomic E-state index is 13.9. The van der Waals surface area contributed by atoms with E-state index in [1.807, 2.05) is 36.1 Å². The molecule has 3 amide bonds. The second-order valence-corrected chi connectivity index (χ2v) is 12.3. The van der Waals surface area contributed by atoms with Crippen molar-refractivity contribution in [3.8, 4) is 0 Å². The van der Waals surface area contributed by atoms with Gasteiger partial charge in [0.1, 0.15) is 0 Å². The third-order valence-electron chi connectivity index (χ3n) is 9.37. The average Bonchev–Trinajstić information content (AvgIpc) is 3.19. The van der Waals surface area contributed by atoms with E-state index in [1.165, 1.54) is 7.05 Å². The molecule has 5 nitrogen and oxygen atoms in total. The van der Waals surface area contributed by atoms with Gasteiger partial charge in [-0.1, -0.05) is 31.2 Å². The van der Waals surface area contributed by atoms with Crippen LogP contribution in [-0.4, -0.2) is 52.8 Å². The molecule has 2 aromatic rings. The molecule has 3 aliphatic rings. The predicted octanol–water partition coefficient (Wildman–Crippen LogP) is 7.44.